The lowest BCUT2D eigenvalue weighted by Crippen LogP contribution is -2.48. The number of nitrogens with one attached hydrogen (secondary N) is 2. The fourth-order valence-corrected chi connectivity index (χ4v) is 4.86. The first kappa shape index (κ1) is 24.5. The van der Waals surface area contributed by atoms with Crippen LogP contribution in [0.15, 0.2) is 54.6 Å². The van der Waals surface area contributed by atoms with Gasteiger partial charge in [0.15, 0.2) is 0 Å². The molecule has 0 fully saturated rings. The predicted molar refractivity (Wildman–Crippen MR) is 125 cm³/mol. The summed E-state index contributed by atoms with van der Waals surface area (Å²) in [5.41, 5.74) is -3.69. The molecule has 2 aliphatic heterocycles. The Morgan fingerprint density at radius 2 is 1.95 bits per heavy atom. The van der Waals surface area contributed by atoms with Crippen molar-refractivity contribution in [1.29, 1.82) is 5.26 Å². The number of β-amino-alcohol motifs (C(OH)–C–C–N with tert-alkyl or cyclic N) is 1. The van der Waals surface area contributed by atoms with Gasteiger partial charge in [0.25, 0.3) is 5.91 Å². The Kier molecular flexibility index (Phi) is 5.62. The van der Waals surface area contributed by atoms with Crippen LogP contribution >= 0.6 is 11.6 Å². The van der Waals surface area contributed by atoms with Crippen LogP contribution in [0.2, 0.25) is 5.02 Å². The van der Waals surface area contributed by atoms with E-state index >= 15 is 0 Å². The van der Waals surface area contributed by atoms with Gasteiger partial charge in [-0.3, -0.25) is 9.69 Å². The van der Waals surface area contributed by atoms with Crippen LogP contribution in [0.5, 0.6) is 0 Å². The quantitative estimate of drug-likeness (QED) is 0.406. The first-order valence-corrected chi connectivity index (χ1v) is 11.1. The van der Waals surface area contributed by atoms with Gasteiger partial charge in [0.1, 0.15) is 5.82 Å². The van der Waals surface area contributed by atoms with Gasteiger partial charge in [-0.1, -0.05) is 29.8 Å². The molecule has 0 spiro atoms. The van der Waals surface area contributed by atoms with Crippen LogP contribution in [0.1, 0.15) is 38.7 Å². The summed E-state index contributed by atoms with van der Waals surface area (Å²) in [5.74, 6) is -1.26. The zero-order valence-electron chi connectivity index (χ0n) is 18.5. The number of urea groups is 1. The first-order chi connectivity index (χ1) is 17.4. The van der Waals surface area contributed by atoms with E-state index in [1.165, 1.54) is 36.4 Å². The fourth-order valence-electron chi connectivity index (χ4n) is 4.63. The third-order valence-electron chi connectivity index (χ3n) is 6.37. The van der Waals surface area contributed by atoms with E-state index in [2.05, 4.69) is 10.6 Å². The molecule has 2 atom stereocenters. The molecule has 0 saturated heterocycles. The summed E-state index contributed by atoms with van der Waals surface area (Å²) in [6.07, 6.45) is -5.07. The van der Waals surface area contributed by atoms with Gasteiger partial charge >= 0.3 is 12.2 Å². The summed E-state index contributed by atoms with van der Waals surface area (Å²) < 4.78 is 55.4. The van der Waals surface area contributed by atoms with Crippen molar-refractivity contribution in [2.45, 2.75) is 17.8 Å². The number of benzene rings is 3. The first-order valence-electron chi connectivity index (χ1n) is 10.8. The molecule has 0 saturated carbocycles. The van der Waals surface area contributed by atoms with Crippen molar-refractivity contribution >= 4 is 34.9 Å². The van der Waals surface area contributed by atoms with E-state index in [-0.39, 0.29) is 38.7 Å². The van der Waals surface area contributed by atoms with Crippen LogP contribution in [0.25, 0.3) is 0 Å². The number of fused-ring (bicyclic) bond motifs is 2. The van der Waals surface area contributed by atoms with Crippen molar-refractivity contribution in [2.75, 3.05) is 16.8 Å². The molecule has 2 heterocycles. The SMILES string of the molecule is N#Cc1cc(NC(=O)N2C[C@](O)(C(F)(F)F)c3ccccc32)c2c(c1)C(=O)N[C@H]2c1cc(F)ccc1Cl. The van der Waals surface area contributed by atoms with Crippen LogP contribution in [0.4, 0.5) is 33.7 Å². The number of anilines is 2. The van der Waals surface area contributed by atoms with Gasteiger partial charge in [0, 0.05) is 27.3 Å². The monoisotopic (exact) mass is 530 g/mol. The molecule has 188 valence electrons. The molecule has 12 heteroatoms. The zero-order chi connectivity index (χ0) is 26.7. The van der Waals surface area contributed by atoms with Gasteiger partial charge in [0.2, 0.25) is 5.60 Å². The van der Waals surface area contributed by atoms with Gasteiger partial charge in [-0.2, -0.15) is 18.4 Å². The molecule has 3 amide bonds. The number of hydrogen-bond acceptors (Lipinski definition) is 4. The normalized spacial score (nSPS) is 20.2. The smallest absolute Gasteiger partial charge is 0.375 e. The van der Waals surface area contributed by atoms with Crippen LogP contribution in [0, 0.1) is 17.1 Å². The number of amides is 3. The van der Waals surface area contributed by atoms with E-state index < -0.39 is 47.7 Å². The highest BCUT2D eigenvalue weighted by Gasteiger charge is 2.61. The molecule has 0 unspecified atom stereocenters. The number of rotatable bonds is 2. The molecular formula is C25H15ClF4N4O3. The van der Waals surface area contributed by atoms with E-state index in [4.69, 9.17) is 11.6 Å². The number of hydrogen-bond donors (Lipinski definition) is 3. The molecule has 0 bridgehead atoms. The molecule has 3 aromatic carbocycles. The third-order valence-corrected chi connectivity index (χ3v) is 6.71. The molecule has 2 aliphatic rings. The number of halogens is 5. The topological polar surface area (TPSA) is 105 Å². The Morgan fingerprint density at radius 1 is 1.22 bits per heavy atom. The molecule has 5 rings (SSSR count). The molecule has 3 aromatic rings. The minimum Gasteiger partial charge on any atom is -0.375 e. The molecular weight excluding hydrogens is 516 g/mol. The van der Waals surface area contributed by atoms with Crippen molar-refractivity contribution < 1.29 is 32.3 Å². The van der Waals surface area contributed by atoms with Gasteiger partial charge in [0.05, 0.1) is 35.6 Å². The van der Waals surface area contributed by atoms with E-state index in [0.29, 0.717) is 0 Å². The Bertz CT molecular complexity index is 1520. The summed E-state index contributed by atoms with van der Waals surface area (Å²) >= 11 is 6.24. The Balaban J connectivity index is 1.59. The number of nitriles is 1. The Hall–Kier alpha value is -4.14. The number of nitrogens with zero attached hydrogens (tertiary/aromatic N) is 2. The molecule has 0 aromatic heterocycles. The maximum absolute atomic E-state index is 14.0. The van der Waals surface area contributed by atoms with E-state index in [9.17, 15) is 37.5 Å². The van der Waals surface area contributed by atoms with E-state index in [1.807, 2.05) is 6.07 Å². The second kappa shape index (κ2) is 8.47. The van der Waals surface area contributed by atoms with Gasteiger partial charge in [-0.25, -0.2) is 9.18 Å². The second-order valence-corrected chi connectivity index (χ2v) is 8.97. The van der Waals surface area contributed by atoms with Crippen LogP contribution in [0.3, 0.4) is 0 Å². The average Bonchev–Trinajstić information content (AvgIpc) is 3.36. The number of alkyl halides is 3. The summed E-state index contributed by atoms with van der Waals surface area (Å²) in [7, 11) is 0. The second-order valence-electron chi connectivity index (χ2n) is 8.56. The van der Waals surface area contributed by atoms with Gasteiger partial charge < -0.3 is 15.7 Å². The number of para-hydroxylation sites is 1. The minimum absolute atomic E-state index is 0.00768. The highest BCUT2D eigenvalue weighted by molar-refractivity contribution is 6.31. The fraction of sp³-hybridized carbons (Fsp3) is 0.160. The molecule has 3 N–H and O–H groups in total. The zero-order valence-corrected chi connectivity index (χ0v) is 19.3. The lowest BCUT2D eigenvalue weighted by molar-refractivity contribution is -0.258. The number of aliphatic hydroxyl groups is 1. The lowest BCUT2D eigenvalue weighted by atomic mass is 9.94. The highest BCUT2D eigenvalue weighted by Crippen LogP contribution is 2.49. The minimum atomic E-state index is -5.07. The van der Waals surface area contributed by atoms with Crippen LogP contribution < -0.4 is 15.5 Å². The van der Waals surface area contributed by atoms with Crippen molar-refractivity contribution in [3.8, 4) is 6.07 Å². The summed E-state index contributed by atoms with van der Waals surface area (Å²) in [4.78, 5) is 26.8. The number of carbonyl (C=O) groups is 2. The summed E-state index contributed by atoms with van der Waals surface area (Å²) in [6.45, 7) is -1.11. The van der Waals surface area contributed by atoms with Crippen LogP contribution in [-0.2, 0) is 5.60 Å². The van der Waals surface area contributed by atoms with Crippen molar-refractivity contribution in [3.63, 3.8) is 0 Å². The Labute approximate surface area is 211 Å². The van der Waals surface area contributed by atoms with E-state index in [1.54, 1.807) is 0 Å². The molecule has 37 heavy (non-hydrogen) atoms. The lowest BCUT2D eigenvalue weighted by Gasteiger charge is -2.27. The van der Waals surface area contributed by atoms with Crippen molar-refractivity contribution in [3.05, 3.63) is 93.3 Å². The maximum atomic E-state index is 14.0. The summed E-state index contributed by atoms with van der Waals surface area (Å²) in [6, 6.07) is 10.9. The standard InChI is InChI=1S/C25H15ClF4N4O3/c26-17-6-5-13(27)9-14(17)21-20-15(22(35)33-21)7-12(10-31)8-18(20)32-23(36)34-11-24(37,25(28,29)30)16-3-1-2-4-19(16)34/h1-9,21,37H,11H2,(H,32,36)(H,33,35)/t21-,24+/m0/s1. The van der Waals surface area contributed by atoms with E-state index in [0.717, 1.165) is 23.1 Å². The van der Waals surface area contributed by atoms with Crippen LogP contribution in [-0.4, -0.2) is 29.8 Å². The predicted octanol–water partition coefficient (Wildman–Crippen LogP) is 4.99. The molecule has 0 aliphatic carbocycles. The third kappa shape index (κ3) is 3.85. The molecule has 7 nitrogen and oxygen atoms in total. The van der Waals surface area contributed by atoms with Crippen molar-refractivity contribution in [2.24, 2.45) is 0 Å². The highest BCUT2D eigenvalue weighted by atomic mass is 35.5. The molecule has 0 radical (unpaired) electrons. The average molecular weight is 531 g/mol. The number of carbonyl (C=O) groups excluding carboxylic acids is 2. The van der Waals surface area contributed by atoms with Gasteiger partial charge in [-0.05, 0) is 36.4 Å². The largest absolute Gasteiger partial charge is 0.423 e. The summed E-state index contributed by atoms with van der Waals surface area (Å²) in [5, 5.41) is 25.2. The Morgan fingerprint density at radius 3 is 2.65 bits per heavy atom. The van der Waals surface area contributed by atoms with Crippen molar-refractivity contribution in [1.82, 2.24) is 5.32 Å². The maximum Gasteiger partial charge on any atom is 0.423 e. The van der Waals surface area contributed by atoms with Gasteiger partial charge in [-0.15, -0.1) is 0 Å².